The molecule has 0 bridgehead atoms. The van der Waals surface area contributed by atoms with Crippen LogP contribution < -0.4 is 11.4 Å². The third-order valence-electron chi connectivity index (χ3n) is 6.71. The van der Waals surface area contributed by atoms with Crippen molar-refractivity contribution in [1.82, 2.24) is 19.3 Å². The number of nitrogens with zero attached hydrogens (tertiary/aromatic N) is 4. The maximum atomic E-state index is 13.0. The molecule has 0 aliphatic rings. The van der Waals surface area contributed by atoms with Gasteiger partial charge >= 0.3 is 5.69 Å². The highest BCUT2D eigenvalue weighted by Crippen LogP contribution is 2.23. The SMILES string of the molecule is CCn1c(CCCc2ccc(-c3ccc(N)c(C)n3)cc2)nn(Cc2ccc(C(C)(C)C)cc2)c1=O. The molecule has 0 radical (unpaired) electrons. The van der Waals surface area contributed by atoms with E-state index in [-0.39, 0.29) is 11.1 Å². The van der Waals surface area contributed by atoms with Crippen molar-refractivity contribution < 1.29 is 0 Å². The number of hydrogen-bond acceptors (Lipinski definition) is 4. The van der Waals surface area contributed by atoms with E-state index in [2.05, 4.69) is 74.3 Å². The van der Waals surface area contributed by atoms with Gasteiger partial charge in [-0.15, -0.1) is 0 Å². The highest BCUT2D eigenvalue weighted by atomic mass is 16.2. The zero-order valence-electron chi connectivity index (χ0n) is 22.1. The second-order valence-corrected chi connectivity index (χ2v) is 10.5. The summed E-state index contributed by atoms with van der Waals surface area (Å²) in [6.07, 6.45) is 2.61. The van der Waals surface area contributed by atoms with E-state index in [9.17, 15) is 4.79 Å². The molecule has 4 aromatic rings. The molecule has 0 atom stereocenters. The van der Waals surface area contributed by atoms with E-state index >= 15 is 0 Å². The predicted octanol–water partition coefficient (Wildman–Crippen LogP) is 5.54. The summed E-state index contributed by atoms with van der Waals surface area (Å²) in [7, 11) is 0. The molecule has 0 saturated heterocycles. The standard InChI is InChI=1S/C30H37N5O/c1-6-34-28(33-35(29(34)36)20-23-12-16-25(17-13-23)30(3,4)5)9-7-8-22-10-14-24(15-11-22)27-19-18-26(31)21(2)32-27/h10-19H,6-9,20,31H2,1-5H3. The van der Waals surface area contributed by atoms with Crippen molar-refractivity contribution in [3.05, 3.63) is 99.4 Å². The molecule has 6 nitrogen and oxygen atoms in total. The lowest BCUT2D eigenvalue weighted by Crippen LogP contribution is -2.25. The van der Waals surface area contributed by atoms with E-state index in [4.69, 9.17) is 10.8 Å². The van der Waals surface area contributed by atoms with Crippen LogP contribution in [-0.2, 0) is 31.3 Å². The molecule has 2 heterocycles. The number of benzene rings is 2. The van der Waals surface area contributed by atoms with Gasteiger partial charge in [0.2, 0.25) is 0 Å². The molecule has 0 aliphatic heterocycles. The highest BCUT2D eigenvalue weighted by Gasteiger charge is 2.15. The van der Waals surface area contributed by atoms with Gasteiger partial charge in [0.1, 0.15) is 5.82 Å². The molecular formula is C30H37N5O. The third-order valence-corrected chi connectivity index (χ3v) is 6.71. The minimum atomic E-state index is -0.0388. The van der Waals surface area contributed by atoms with Crippen molar-refractivity contribution in [3.63, 3.8) is 0 Å². The molecule has 0 unspecified atom stereocenters. The fourth-order valence-corrected chi connectivity index (χ4v) is 4.40. The molecule has 36 heavy (non-hydrogen) atoms. The van der Waals surface area contributed by atoms with Gasteiger partial charge in [-0.2, -0.15) is 5.10 Å². The topological polar surface area (TPSA) is 78.7 Å². The molecule has 188 valence electrons. The minimum Gasteiger partial charge on any atom is -0.397 e. The van der Waals surface area contributed by atoms with Crippen molar-refractivity contribution in [3.8, 4) is 11.3 Å². The summed E-state index contributed by atoms with van der Waals surface area (Å²) < 4.78 is 3.39. The Bertz CT molecular complexity index is 1370. The van der Waals surface area contributed by atoms with Gasteiger partial charge in [-0.3, -0.25) is 9.55 Å². The lowest BCUT2D eigenvalue weighted by Gasteiger charge is -2.19. The average Bonchev–Trinajstić information content (AvgIpc) is 3.15. The first-order chi connectivity index (χ1) is 17.2. The van der Waals surface area contributed by atoms with Crippen molar-refractivity contribution in [2.45, 2.75) is 72.4 Å². The second-order valence-electron chi connectivity index (χ2n) is 10.5. The quantitative estimate of drug-likeness (QED) is 0.357. The Morgan fingerprint density at radius 3 is 2.17 bits per heavy atom. The third kappa shape index (κ3) is 5.76. The largest absolute Gasteiger partial charge is 0.397 e. The summed E-state index contributed by atoms with van der Waals surface area (Å²) in [6, 6.07) is 20.9. The predicted molar refractivity (Wildman–Crippen MR) is 147 cm³/mol. The van der Waals surface area contributed by atoms with E-state index in [0.717, 1.165) is 47.6 Å². The maximum Gasteiger partial charge on any atom is 0.346 e. The van der Waals surface area contributed by atoms with Gasteiger partial charge in [-0.25, -0.2) is 9.48 Å². The van der Waals surface area contributed by atoms with Crippen LogP contribution in [0.3, 0.4) is 0 Å². The van der Waals surface area contributed by atoms with Gasteiger partial charge in [0.05, 0.1) is 23.6 Å². The van der Waals surface area contributed by atoms with Crippen molar-refractivity contribution >= 4 is 5.69 Å². The molecule has 4 rings (SSSR count). The van der Waals surface area contributed by atoms with Gasteiger partial charge in [0.15, 0.2) is 0 Å². The number of aryl methyl sites for hydroxylation is 3. The molecule has 6 heteroatoms. The molecule has 2 aromatic heterocycles. The second kappa shape index (κ2) is 10.5. The van der Waals surface area contributed by atoms with Crippen molar-refractivity contribution in [1.29, 1.82) is 0 Å². The van der Waals surface area contributed by atoms with Gasteiger partial charge in [-0.1, -0.05) is 69.3 Å². The lowest BCUT2D eigenvalue weighted by molar-refractivity contribution is 0.588. The fraction of sp³-hybridized carbons (Fsp3) is 0.367. The van der Waals surface area contributed by atoms with Gasteiger partial charge < -0.3 is 5.73 Å². The van der Waals surface area contributed by atoms with Gasteiger partial charge in [-0.05, 0) is 60.9 Å². The molecule has 0 fully saturated rings. The fourth-order valence-electron chi connectivity index (χ4n) is 4.40. The number of nitrogens with two attached hydrogens (primary N) is 1. The maximum absolute atomic E-state index is 13.0. The first-order valence-corrected chi connectivity index (χ1v) is 12.7. The molecular weight excluding hydrogens is 446 g/mol. The minimum absolute atomic E-state index is 0.0388. The highest BCUT2D eigenvalue weighted by molar-refractivity contribution is 5.62. The number of rotatable bonds is 8. The zero-order chi connectivity index (χ0) is 25.9. The van der Waals surface area contributed by atoms with E-state index in [0.29, 0.717) is 18.8 Å². The van der Waals surface area contributed by atoms with Crippen LogP contribution in [0.1, 0.15) is 62.3 Å². The zero-order valence-corrected chi connectivity index (χ0v) is 22.1. The summed E-state index contributed by atoms with van der Waals surface area (Å²) in [6.45, 7) is 11.6. The summed E-state index contributed by atoms with van der Waals surface area (Å²) in [5, 5.41) is 4.70. The van der Waals surface area contributed by atoms with Crippen LogP contribution in [-0.4, -0.2) is 19.3 Å². The van der Waals surface area contributed by atoms with Crippen LogP contribution in [0.4, 0.5) is 5.69 Å². The van der Waals surface area contributed by atoms with Crippen LogP contribution in [0, 0.1) is 6.92 Å². The molecule has 2 N–H and O–H groups in total. The average molecular weight is 484 g/mol. The molecule has 2 aromatic carbocycles. The smallest absolute Gasteiger partial charge is 0.346 e. The van der Waals surface area contributed by atoms with E-state index in [1.807, 2.05) is 26.0 Å². The van der Waals surface area contributed by atoms with Crippen LogP contribution >= 0.6 is 0 Å². The van der Waals surface area contributed by atoms with Crippen molar-refractivity contribution in [2.24, 2.45) is 0 Å². The summed E-state index contributed by atoms with van der Waals surface area (Å²) in [5.74, 6) is 0.854. The Morgan fingerprint density at radius 2 is 1.56 bits per heavy atom. The van der Waals surface area contributed by atoms with Crippen LogP contribution in [0.5, 0.6) is 0 Å². The first kappa shape index (κ1) is 25.4. The lowest BCUT2D eigenvalue weighted by atomic mass is 9.87. The monoisotopic (exact) mass is 483 g/mol. The molecule has 0 spiro atoms. The number of hydrogen-bond donors (Lipinski definition) is 1. The van der Waals surface area contributed by atoms with Gasteiger partial charge in [0.25, 0.3) is 0 Å². The van der Waals surface area contributed by atoms with Gasteiger partial charge in [0, 0.05) is 18.5 Å². The summed E-state index contributed by atoms with van der Waals surface area (Å²) >= 11 is 0. The number of aromatic nitrogens is 4. The van der Waals surface area contributed by atoms with Crippen LogP contribution in [0.2, 0.25) is 0 Å². The normalized spacial score (nSPS) is 11.7. The summed E-state index contributed by atoms with van der Waals surface area (Å²) in [4.78, 5) is 17.5. The molecule has 0 saturated carbocycles. The molecule has 0 aliphatic carbocycles. The Hall–Kier alpha value is -3.67. The van der Waals surface area contributed by atoms with E-state index in [1.165, 1.54) is 11.1 Å². The Labute approximate surface area is 213 Å². The number of anilines is 1. The first-order valence-electron chi connectivity index (χ1n) is 12.7. The van der Waals surface area contributed by atoms with E-state index < -0.39 is 0 Å². The molecule has 0 amide bonds. The van der Waals surface area contributed by atoms with E-state index in [1.54, 1.807) is 9.25 Å². The van der Waals surface area contributed by atoms with Crippen LogP contribution in [0.25, 0.3) is 11.3 Å². The van der Waals surface area contributed by atoms with Crippen LogP contribution in [0.15, 0.2) is 65.5 Å². The Morgan fingerprint density at radius 1 is 0.889 bits per heavy atom. The Kier molecular flexibility index (Phi) is 7.43. The number of nitrogen functional groups attached to an aromatic ring is 1. The van der Waals surface area contributed by atoms with Crippen molar-refractivity contribution in [2.75, 3.05) is 5.73 Å². The number of pyridine rings is 1. The Balaban J connectivity index is 1.40. The summed E-state index contributed by atoms with van der Waals surface area (Å²) in [5.41, 5.74) is 13.2.